The summed E-state index contributed by atoms with van der Waals surface area (Å²) in [4.78, 5) is 53.0. The van der Waals surface area contributed by atoms with E-state index >= 15 is 0 Å². The molecule has 0 saturated carbocycles. The molecular formula is C58H58N4O10. The van der Waals surface area contributed by atoms with Crippen LogP contribution in [0, 0.1) is 0 Å². The lowest BCUT2D eigenvalue weighted by molar-refractivity contribution is -0.174. The number of hydrogen-bond donors (Lipinski definition) is 2. The lowest BCUT2D eigenvalue weighted by Crippen LogP contribution is -2.32. The van der Waals surface area contributed by atoms with Crippen molar-refractivity contribution in [2.24, 2.45) is 14.1 Å². The summed E-state index contributed by atoms with van der Waals surface area (Å²) in [5, 5.41) is 9.53. The van der Waals surface area contributed by atoms with E-state index in [0.717, 1.165) is 44.4 Å². The van der Waals surface area contributed by atoms with Crippen LogP contribution in [0.1, 0.15) is 36.2 Å². The molecular weight excluding hydrogens is 913 g/mol. The fourth-order valence-electron chi connectivity index (χ4n) is 8.40. The van der Waals surface area contributed by atoms with Crippen LogP contribution < -0.4 is 40.7 Å². The van der Waals surface area contributed by atoms with Gasteiger partial charge in [0.2, 0.25) is 0 Å². The summed E-state index contributed by atoms with van der Waals surface area (Å²) in [7, 11) is 6.67. The molecule has 0 spiro atoms. The standard InChI is InChI=1S/C58H58N4O10/c1-61-51(33-43-21-27-47(67-3)35-49(43)55(61)63)39-17-23-45(24-18-39)69-31-11-29-59-37-53(41-13-7-5-8-14-41)71-57(65)58(66)72-54(42-15-9-6-10-16-42)38-60-30-12-32-70-46-25-19-40(20-26-46)52-34-44-22-28-48(68-4)36-50(44)56(64)62(52)2/h5-10,13-28,33-36,53-54,59-60H,11-12,29-32,37-38H2,1-4H3. The maximum Gasteiger partial charge on any atom is 0.418 e. The van der Waals surface area contributed by atoms with E-state index in [1.807, 2.05) is 146 Å². The second-order valence-corrected chi connectivity index (χ2v) is 17.2. The van der Waals surface area contributed by atoms with Gasteiger partial charge in [0.1, 0.15) is 35.2 Å². The highest BCUT2D eigenvalue weighted by Crippen LogP contribution is 2.28. The van der Waals surface area contributed by atoms with Gasteiger partial charge in [0.05, 0.1) is 49.6 Å². The van der Waals surface area contributed by atoms with Gasteiger partial charge in [-0.1, -0.05) is 72.8 Å². The van der Waals surface area contributed by atoms with Crippen molar-refractivity contribution in [3.05, 3.63) is 190 Å². The van der Waals surface area contributed by atoms with E-state index in [-0.39, 0.29) is 24.2 Å². The number of benzene rings is 6. The normalized spacial score (nSPS) is 12.0. The maximum atomic E-state index is 13.4. The Kier molecular flexibility index (Phi) is 16.8. The molecule has 0 aliphatic heterocycles. The van der Waals surface area contributed by atoms with Crippen LogP contribution in [-0.2, 0) is 33.2 Å². The van der Waals surface area contributed by atoms with E-state index in [4.69, 9.17) is 28.4 Å². The number of rotatable bonds is 22. The molecule has 8 rings (SSSR count). The fraction of sp³-hybridized carbons (Fsp3) is 0.241. The molecule has 0 aliphatic rings. The third kappa shape index (κ3) is 12.4. The second-order valence-electron chi connectivity index (χ2n) is 17.2. The largest absolute Gasteiger partial charge is 0.497 e. The molecule has 2 heterocycles. The van der Waals surface area contributed by atoms with Gasteiger partial charge in [-0.3, -0.25) is 9.59 Å². The Morgan fingerprint density at radius 1 is 0.486 bits per heavy atom. The minimum Gasteiger partial charge on any atom is -0.497 e. The lowest BCUT2D eigenvalue weighted by atomic mass is 10.1. The third-order valence-corrected chi connectivity index (χ3v) is 12.4. The number of fused-ring (bicyclic) bond motifs is 2. The Morgan fingerprint density at radius 3 is 1.24 bits per heavy atom. The Balaban J connectivity index is 0.783. The first-order chi connectivity index (χ1) is 35.1. The number of esters is 2. The minimum atomic E-state index is -1.09. The smallest absolute Gasteiger partial charge is 0.418 e. The van der Waals surface area contributed by atoms with Gasteiger partial charge in [0.15, 0.2) is 0 Å². The molecule has 14 nitrogen and oxygen atoms in total. The molecule has 370 valence electrons. The van der Waals surface area contributed by atoms with E-state index in [0.29, 0.717) is 72.9 Å². The zero-order valence-electron chi connectivity index (χ0n) is 40.8. The van der Waals surface area contributed by atoms with Crippen molar-refractivity contribution in [1.82, 2.24) is 19.8 Å². The summed E-state index contributed by atoms with van der Waals surface area (Å²) in [6, 6.07) is 48.7. The first-order valence-electron chi connectivity index (χ1n) is 23.8. The van der Waals surface area contributed by atoms with Gasteiger partial charge in [0, 0.05) is 27.2 Å². The molecule has 14 heteroatoms. The summed E-state index contributed by atoms with van der Waals surface area (Å²) in [6.45, 7) is 2.47. The van der Waals surface area contributed by atoms with Crippen molar-refractivity contribution < 1.29 is 38.0 Å². The van der Waals surface area contributed by atoms with Crippen LogP contribution in [-0.4, -0.2) is 74.7 Å². The second kappa shape index (κ2) is 24.1. The van der Waals surface area contributed by atoms with Crippen LogP contribution in [0.5, 0.6) is 23.0 Å². The van der Waals surface area contributed by atoms with Gasteiger partial charge in [-0.2, -0.15) is 0 Å². The van der Waals surface area contributed by atoms with Gasteiger partial charge in [-0.05, 0) is 144 Å². The Morgan fingerprint density at radius 2 is 0.861 bits per heavy atom. The van der Waals surface area contributed by atoms with Crippen LogP contribution in [0.4, 0.5) is 0 Å². The van der Waals surface area contributed by atoms with Gasteiger partial charge >= 0.3 is 11.9 Å². The highest BCUT2D eigenvalue weighted by atomic mass is 16.6. The Hall–Kier alpha value is -8.20. The number of pyridine rings is 2. The number of ether oxygens (including phenoxy) is 6. The molecule has 8 aromatic rings. The van der Waals surface area contributed by atoms with E-state index in [1.165, 1.54) is 0 Å². The molecule has 2 N–H and O–H groups in total. The number of methoxy groups -OCH3 is 2. The zero-order valence-corrected chi connectivity index (χ0v) is 40.8. The molecule has 0 radical (unpaired) electrons. The van der Waals surface area contributed by atoms with Crippen LogP contribution in [0.3, 0.4) is 0 Å². The first-order valence-corrected chi connectivity index (χ1v) is 23.8. The zero-order chi connectivity index (χ0) is 50.4. The summed E-state index contributed by atoms with van der Waals surface area (Å²) in [5.74, 6) is 0.464. The third-order valence-electron chi connectivity index (χ3n) is 12.4. The predicted octanol–water partition coefficient (Wildman–Crippen LogP) is 8.73. The van der Waals surface area contributed by atoms with Crippen LogP contribution in [0.25, 0.3) is 44.1 Å². The molecule has 0 bridgehead atoms. The molecule has 6 aromatic carbocycles. The van der Waals surface area contributed by atoms with E-state index in [2.05, 4.69) is 10.6 Å². The number of nitrogens with zero attached hydrogens (tertiary/aromatic N) is 2. The Bertz CT molecular complexity index is 3010. The molecule has 0 saturated heterocycles. The number of hydrogen-bond acceptors (Lipinski definition) is 12. The number of carbonyl (C=O) groups excluding carboxylic acids is 2. The van der Waals surface area contributed by atoms with Crippen molar-refractivity contribution in [1.29, 1.82) is 0 Å². The summed E-state index contributed by atoms with van der Waals surface area (Å²) >= 11 is 0. The highest BCUT2D eigenvalue weighted by molar-refractivity contribution is 6.29. The molecule has 0 aliphatic carbocycles. The molecule has 2 atom stereocenters. The summed E-state index contributed by atoms with van der Waals surface area (Å²) < 4.78 is 37.5. The fourth-order valence-corrected chi connectivity index (χ4v) is 8.40. The minimum absolute atomic E-state index is 0.104. The van der Waals surface area contributed by atoms with Gasteiger partial charge < -0.3 is 48.2 Å². The van der Waals surface area contributed by atoms with Crippen LogP contribution >= 0.6 is 0 Å². The molecule has 72 heavy (non-hydrogen) atoms. The average Bonchev–Trinajstić information content (AvgIpc) is 3.42. The van der Waals surface area contributed by atoms with Gasteiger partial charge in [-0.25, -0.2) is 9.59 Å². The molecule has 2 aromatic heterocycles. The number of carbonyl (C=O) groups is 2. The number of nitrogens with one attached hydrogen (secondary N) is 2. The average molecular weight is 971 g/mol. The van der Waals surface area contributed by atoms with Crippen molar-refractivity contribution in [2.75, 3.05) is 53.6 Å². The van der Waals surface area contributed by atoms with E-state index < -0.39 is 24.1 Å². The Labute approximate surface area is 417 Å². The topological polar surface area (TPSA) is 158 Å². The van der Waals surface area contributed by atoms with E-state index in [9.17, 15) is 19.2 Å². The van der Waals surface area contributed by atoms with Crippen molar-refractivity contribution in [3.8, 4) is 45.5 Å². The van der Waals surface area contributed by atoms with Crippen molar-refractivity contribution in [3.63, 3.8) is 0 Å². The van der Waals surface area contributed by atoms with Crippen LogP contribution in [0.15, 0.2) is 167 Å². The molecule has 0 fully saturated rings. The van der Waals surface area contributed by atoms with Gasteiger partial charge in [0.25, 0.3) is 11.1 Å². The predicted molar refractivity (Wildman–Crippen MR) is 279 cm³/mol. The highest BCUT2D eigenvalue weighted by Gasteiger charge is 2.27. The van der Waals surface area contributed by atoms with Crippen molar-refractivity contribution in [2.45, 2.75) is 25.0 Å². The van der Waals surface area contributed by atoms with Crippen LogP contribution in [0.2, 0.25) is 0 Å². The SMILES string of the molecule is COc1ccc2cc(-c3ccc(OCCCNCC(OC(=O)C(=O)OC(CNCCCOc4ccc(-c5cc6ccc(OC)cc6c(=O)n5C)cc4)c4ccccc4)c4ccccc4)cc3)n(C)c(=O)c2c1. The van der Waals surface area contributed by atoms with E-state index in [1.54, 1.807) is 49.6 Å². The van der Waals surface area contributed by atoms with Gasteiger partial charge in [-0.15, -0.1) is 0 Å². The summed E-state index contributed by atoms with van der Waals surface area (Å²) in [6.07, 6.45) is -0.203. The first kappa shape index (κ1) is 50.2. The molecule has 0 amide bonds. The summed E-state index contributed by atoms with van der Waals surface area (Å²) in [5.41, 5.74) is 4.58. The van der Waals surface area contributed by atoms with Crippen molar-refractivity contribution >= 4 is 33.5 Å². The monoisotopic (exact) mass is 970 g/mol. The quantitative estimate of drug-likeness (QED) is 0.0379. The maximum absolute atomic E-state index is 13.4. The number of aromatic nitrogens is 2. The lowest BCUT2D eigenvalue weighted by Gasteiger charge is -2.21. The molecule has 2 unspecified atom stereocenters.